The largest absolute Gasteiger partial charge is 0.466 e. The van der Waals surface area contributed by atoms with E-state index in [1.165, 1.54) is 25.3 Å². The summed E-state index contributed by atoms with van der Waals surface area (Å²) in [6, 6.07) is 11.2. The molecule has 1 aliphatic heterocycles. The molecule has 7 nitrogen and oxygen atoms in total. The zero-order valence-corrected chi connectivity index (χ0v) is 18.3. The van der Waals surface area contributed by atoms with Crippen LogP contribution in [0.5, 0.6) is 0 Å². The molecule has 0 fully saturated rings. The molecule has 2 aromatic rings. The van der Waals surface area contributed by atoms with E-state index in [0.717, 1.165) is 18.9 Å². The van der Waals surface area contributed by atoms with Gasteiger partial charge in [0.05, 0.1) is 18.7 Å². The second-order valence-corrected chi connectivity index (χ2v) is 7.46. The Hall–Kier alpha value is -3.68. The van der Waals surface area contributed by atoms with Crippen molar-refractivity contribution >= 4 is 23.6 Å². The number of halogens is 1. The monoisotopic (exact) mass is 439 g/mol. The molecule has 32 heavy (non-hydrogen) atoms. The Kier molecular flexibility index (Phi) is 7.25. The number of ether oxygens (including phenoxy) is 1. The van der Waals surface area contributed by atoms with E-state index in [2.05, 4.69) is 10.6 Å². The van der Waals surface area contributed by atoms with Crippen LogP contribution in [-0.4, -0.2) is 36.5 Å². The summed E-state index contributed by atoms with van der Waals surface area (Å²) >= 11 is 0. The van der Waals surface area contributed by atoms with Gasteiger partial charge in [-0.15, -0.1) is 0 Å². The molecule has 0 saturated heterocycles. The summed E-state index contributed by atoms with van der Waals surface area (Å²) in [6.07, 6.45) is 1.72. The minimum atomic E-state index is -0.680. The first-order chi connectivity index (χ1) is 15.3. The van der Waals surface area contributed by atoms with Crippen LogP contribution in [0.2, 0.25) is 0 Å². The predicted octanol–water partition coefficient (Wildman–Crippen LogP) is 4.39. The molecule has 0 radical (unpaired) electrons. The average molecular weight is 439 g/mol. The highest BCUT2D eigenvalue weighted by Crippen LogP contribution is 2.32. The van der Waals surface area contributed by atoms with Crippen molar-refractivity contribution in [1.29, 1.82) is 0 Å². The van der Waals surface area contributed by atoms with Crippen molar-refractivity contribution in [3.05, 3.63) is 76.7 Å². The number of carbonyl (C=O) groups is 3. The molecule has 0 spiro atoms. The lowest BCUT2D eigenvalue weighted by atomic mass is 9.94. The van der Waals surface area contributed by atoms with E-state index in [-0.39, 0.29) is 11.6 Å². The van der Waals surface area contributed by atoms with E-state index in [1.54, 1.807) is 36.1 Å². The maximum Gasteiger partial charge on any atom is 0.337 e. The summed E-state index contributed by atoms with van der Waals surface area (Å²) < 4.78 is 18.3. The molecule has 1 aliphatic rings. The quantitative estimate of drug-likeness (QED) is 0.627. The van der Waals surface area contributed by atoms with Crippen molar-refractivity contribution in [2.75, 3.05) is 19.0 Å². The van der Waals surface area contributed by atoms with Crippen LogP contribution in [0.1, 0.15) is 48.7 Å². The van der Waals surface area contributed by atoms with Crippen molar-refractivity contribution in [3.63, 3.8) is 0 Å². The van der Waals surface area contributed by atoms with Gasteiger partial charge in [0, 0.05) is 23.5 Å². The summed E-state index contributed by atoms with van der Waals surface area (Å²) in [7, 11) is 1.30. The van der Waals surface area contributed by atoms with Gasteiger partial charge in [0.1, 0.15) is 5.82 Å². The summed E-state index contributed by atoms with van der Waals surface area (Å²) in [6.45, 7) is 4.27. The number of hydrogen-bond donors (Lipinski definition) is 2. The van der Waals surface area contributed by atoms with E-state index < -0.39 is 23.7 Å². The minimum absolute atomic E-state index is 0.201. The Labute approximate surface area is 186 Å². The number of carbonyl (C=O) groups excluding carboxylic acids is 3. The smallest absolute Gasteiger partial charge is 0.337 e. The Morgan fingerprint density at radius 3 is 2.53 bits per heavy atom. The van der Waals surface area contributed by atoms with Gasteiger partial charge in [0.25, 0.3) is 5.91 Å². The van der Waals surface area contributed by atoms with E-state index in [4.69, 9.17) is 4.74 Å². The summed E-state index contributed by atoms with van der Waals surface area (Å²) in [5, 5.41) is 5.58. The predicted molar refractivity (Wildman–Crippen MR) is 118 cm³/mol. The van der Waals surface area contributed by atoms with E-state index in [1.807, 2.05) is 6.92 Å². The highest BCUT2D eigenvalue weighted by Gasteiger charge is 2.35. The third-order valence-corrected chi connectivity index (χ3v) is 5.33. The van der Waals surface area contributed by atoms with E-state index >= 15 is 0 Å². The van der Waals surface area contributed by atoms with Crippen LogP contribution in [0.4, 0.5) is 14.9 Å². The third kappa shape index (κ3) is 4.96. The van der Waals surface area contributed by atoms with Gasteiger partial charge in [-0.05, 0) is 49.2 Å². The van der Waals surface area contributed by atoms with Crippen molar-refractivity contribution in [2.45, 2.75) is 32.7 Å². The molecule has 1 unspecified atom stereocenters. The van der Waals surface area contributed by atoms with Crippen LogP contribution in [0, 0.1) is 5.82 Å². The van der Waals surface area contributed by atoms with Crippen molar-refractivity contribution in [3.8, 4) is 0 Å². The molecule has 8 heteroatoms. The van der Waals surface area contributed by atoms with Crippen molar-refractivity contribution in [2.24, 2.45) is 0 Å². The molecular weight excluding hydrogens is 413 g/mol. The van der Waals surface area contributed by atoms with E-state index in [9.17, 15) is 18.8 Å². The van der Waals surface area contributed by atoms with Crippen molar-refractivity contribution < 1.29 is 23.5 Å². The molecule has 2 N–H and O–H groups in total. The second-order valence-electron chi connectivity index (χ2n) is 7.46. The third-order valence-electron chi connectivity index (χ3n) is 5.33. The topological polar surface area (TPSA) is 87.7 Å². The number of unbranched alkanes of at least 4 members (excludes halogenated alkanes) is 1. The molecule has 0 aliphatic carbocycles. The SMILES string of the molecule is CCCCN1C(=O)NC(c2ccc(NC(=O)c3cccc(F)c3)cc2)C(C(=O)OC)=C1C. The Morgan fingerprint density at radius 2 is 1.91 bits per heavy atom. The summed E-state index contributed by atoms with van der Waals surface area (Å²) in [4.78, 5) is 39.1. The van der Waals surface area contributed by atoms with Gasteiger partial charge in [-0.3, -0.25) is 9.69 Å². The fraction of sp³-hybridized carbons (Fsp3) is 0.292. The maximum atomic E-state index is 13.4. The van der Waals surface area contributed by atoms with Crippen molar-refractivity contribution in [1.82, 2.24) is 10.2 Å². The lowest BCUT2D eigenvalue weighted by Gasteiger charge is -2.35. The molecule has 3 rings (SSSR count). The molecule has 168 valence electrons. The fourth-order valence-corrected chi connectivity index (χ4v) is 3.58. The number of esters is 1. The molecule has 2 aromatic carbocycles. The number of nitrogens with one attached hydrogen (secondary N) is 2. The molecule has 1 atom stereocenters. The highest BCUT2D eigenvalue weighted by molar-refractivity contribution is 6.04. The minimum Gasteiger partial charge on any atom is -0.466 e. The van der Waals surface area contributed by atoms with Gasteiger partial charge in [-0.1, -0.05) is 31.5 Å². The first kappa shape index (κ1) is 23.0. The van der Waals surface area contributed by atoms with Gasteiger partial charge in [-0.2, -0.15) is 0 Å². The first-order valence-electron chi connectivity index (χ1n) is 10.4. The number of amides is 3. The summed E-state index contributed by atoms with van der Waals surface area (Å²) in [5.74, 6) is -1.45. The number of hydrogen-bond acceptors (Lipinski definition) is 4. The lowest BCUT2D eigenvalue weighted by Crippen LogP contribution is -2.48. The van der Waals surface area contributed by atoms with Gasteiger partial charge in [0.2, 0.25) is 0 Å². The average Bonchev–Trinajstić information content (AvgIpc) is 2.78. The van der Waals surface area contributed by atoms with Crippen LogP contribution < -0.4 is 10.6 Å². The van der Waals surface area contributed by atoms with Gasteiger partial charge >= 0.3 is 12.0 Å². The van der Waals surface area contributed by atoms with Crippen LogP contribution >= 0.6 is 0 Å². The number of allylic oxidation sites excluding steroid dienone is 1. The normalized spacial score (nSPS) is 15.9. The molecule has 0 bridgehead atoms. The zero-order chi connectivity index (χ0) is 23.3. The van der Waals surface area contributed by atoms with Crippen LogP contribution in [0.3, 0.4) is 0 Å². The maximum absolute atomic E-state index is 13.4. The first-order valence-corrected chi connectivity index (χ1v) is 10.4. The lowest BCUT2D eigenvalue weighted by molar-refractivity contribution is -0.136. The Balaban J connectivity index is 1.84. The standard InChI is InChI=1S/C24H26FN3O4/c1-4-5-13-28-15(2)20(23(30)32-3)21(27-24(28)31)16-9-11-19(12-10-16)26-22(29)17-7-6-8-18(25)14-17/h6-12,14,21H,4-5,13H2,1-3H3,(H,26,29)(H,27,31). The number of rotatable bonds is 7. The van der Waals surface area contributed by atoms with E-state index in [0.29, 0.717) is 29.1 Å². The fourth-order valence-electron chi connectivity index (χ4n) is 3.58. The van der Waals surface area contributed by atoms with Crippen LogP contribution in [-0.2, 0) is 9.53 Å². The van der Waals surface area contributed by atoms with Gasteiger partial charge in [-0.25, -0.2) is 14.0 Å². The Morgan fingerprint density at radius 1 is 1.19 bits per heavy atom. The number of nitrogens with zero attached hydrogens (tertiary/aromatic N) is 1. The second kappa shape index (κ2) is 10.1. The van der Waals surface area contributed by atoms with Gasteiger partial charge < -0.3 is 15.4 Å². The number of methoxy groups -OCH3 is 1. The molecule has 3 amide bonds. The molecule has 0 aromatic heterocycles. The number of benzene rings is 2. The van der Waals surface area contributed by atoms with Crippen LogP contribution in [0.25, 0.3) is 0 Å². The number of anilines is 1. The molecular formula is C24H26FN3O4. The molecule has 0 saturated carbocycles. The highest BCUT2D eigenvalue weighted by atomic mass is 19.1. The number of urea groups is 1. The van der Waals surface area contributed by atoms with Gasteiger partial charge in [0.15, 0.2) is 0 Å². The van der Waals surface area contributed by atoms with Crippen LogP contribution in [0.15, 0.2) is 59.8 Å². The summed E-state index contributed by atoms with van der Waals surface area (Å²) in [5.41, 5.74) is 2.28. The Bertz CT molecular complexity index is 1050. The molecule has 1 heterocycles. The zero-order valence-electron chi connectivity index (χ0n) is 18.3.